The van der Waals surface area contributed by atoms with Crippen molar-refractivity contribution in [2.75, 3.05) is 14.2 Å². The summed E-state index contributed by atoms with van der Waals surface area (Å²) in [5.41, 5.74) is 2.48. The number of ether oxygens (including phenoxy) is 2. The summed E-state index contributed by atoms with van der Waals surface area (Å²) in [5, 5.41) is 3.30. The molecule has 106 valence electrons. The van der Waals surface area contributed by atoms with Crippen molar-refractivity contribution in [1.29, 1.82) is 0 Å². The molecule has 0 amide bonds. The molecule has 0 aliphatic rings. The molecule has 0 aliphatic carbocycles. The molecule has 0 bridgehead atoms. The van der Waals surface area contributed by atoms with Gasteiger partial charge in [-0.3, -0.25) is 0 Å². The molecule has 2 N–H and O–H groups in total. The molecule has 0 saturated heterocycles. The van der Waals surface area contributed by atoms with Gasteiger partial charge in [0.15, 0.2) is 0 Å². The van der Waals surface area contributed by atoms with Gasteiger partial charge in [-0.05, 0) is 18.2 Å². The van der Waals surface area contributed by atoms with Gasteiger partial charge in [0.1, 0.15) is 11.4 Å². The molecule has 1 aromatic heterocycles. The zero-order chi connectivity index (χ0) is 14.4. The Kier molecular flexibility index (Phi) is 4.79. The molecule has 5 nitrogen and oxygen atoms in total. The maximum absolute atomic E-state index is 11.3. The van der Waals surface area contributed by atoms with E-state index in [4.69, 9.17) is 4.74 Å². The number of benzene rings is 1. The minimum atomic E-state index is -0.360. The lowest BCUT2D eigenvalue weighted by Crippen LogP contribution is -2.14. The molecular weight excluding hydrogens is 256 g/mol. The highest BCUT2D eigenvalue weighted by molar-refractivity contribution is 5.87. The normalized spacial score (nSPS) is 10.3. The van der Waals surface area contributed by atoms with E-state index in [-0.39, 0.29) is 5.97 Å². The lowest BCUT2D eigenvalue weighted by molar-refractivity contribution is 0.0594. The first kappa shape index (κ1) is 14.1. The number of aromatic nitrogens is 1. The van der Waals surface area contributed by atoms with Crippen LogP contribution in [0.3, 0.4) is 0 Å². The van der Waals surface area contributed by atoms with Crippen LogP contribution in [0.1, 0.15) is 21.7 Å². The molecule has 0 fully saturated rings. The molecule has 0 unspecified atom stereocenters. The van der Waals surface area contributed by atoms with Crippen molar-refractivity contribution < 1.29 is 14.3 Å². The number of aromatic amines is 1. The van der Waals surface area contributed by atoms with Crippen molar-refractivity contribution in [3.05, 3.63) is 53.3 Å². The molecule has 20 heavy (non-hydrogen) atoms. The van der Waals surface area contributed by atoms with Crippen molar-refractivity contribution in [3.8, 4) is 5.75 Å². The molecular formula is C15H18N2O3. The van der Waals surface area contributed by atoms with Gasteiger partial charge in [-0.2, -0.15) is 0 Å². The minimum absolute atomic E-state index is 0.360. The number of nitrogens with one attached hydrogen (secondary N) is 2. The molecule has 1 heterocycles. The topological polar surface area (TPSA) is 63.4 Å². The van der Waals surface area contributed by atoms with Crippen LogP contribution in [0.15, 0.2) is 36.4 Å². The van der Waals surface area contributed by atoms with Gasteiger partial charge < -0.3 is 19.8 Å². The molecule has 0 spiro atoms. The third kappa shape index (κ3) is 3.39. The van der Waals surface area contributed by atoms with Crippen LogP contribution < -0.4 is 10.1 Å². The van der Waals surface area contributed by atoms with Gasteiger partial charge in [0.2, 0.25) is 0 Å². The van der Waals surface area contributed by atoms with Gasteiger partial charge in [-0.15, -0.1) is 0 Å². The number of rotatable bonds is 6. The number of carbonyl (C=O) groups is 1. The molecule has 2 rings (SSSR count). The van der Waals surface area contributed by atoms with E-state index in [0.29, 0.717) is 18.8 Å². The summed E-state index contributed by atoms with van der Waals surface area (Å²) < 4.78 is 9.94. The number of H-pyrrole nitrogens is 1. The monoisotopic (exact) mass is 274 g/mol. The van der Waals surface area contributed by atoms with Gasteiger partial charge in [0.25, 0.3) is 0 Å². The first-order chi connectivity index (χ1) is 9.74. The van der Waals surface area contributed by atoms with Crippen LogP contribution in [0.25, 0.3) is 0 Å². The number of para-hydroxylation sites is 1. The van der Waals surface area contributed by atoms with E-state index in [9.17, 15) is 4.79 Å². The zero-order valence-corrected chi connectivity index (χ0v) is 11.6. The smallest absolute Gasteiger partial charge is 0.354 e. The summed E-state index contributed by atoms with van der Waals surface area (Å²) in [5.74, 6) is 0.503. The average Bonchev–Trinajstić information content (AvgIpc) is 2.96. The van der Waals surface area contributed by atoms with Crippen molar-refractivity contribution in [2.24, 2.45) is 0 Å². The molecule has 0 radical (unpaired) electrons. The highest BCUT2D eigenvalue weighted by atomic mass is 16.5. The SMILES string of the molecule is COC(=O)c1ccc(CNCc2ccccc2OC)[nH]1. The highest BCUT2D eigenvalue weighted by Gasteiger charge is 2.07. The number of esters is 1. The van der Waals surface area contributed by atoms with Crippen LogP contribution in [0.4, 0.5) is 0 Å². The second-order valence-electron chi connectivity index (χ2n) is 4.30. The Morgan fingerprint density at radius 1 is 1.15 bits per heavy atom. The number of hydrogen-bond acceptors (Lipinski definition) is 4. The fourth-order valence-corrected chi connectivity index (χ4v) is 1.95. The van der Waals surface area contributed by atoms with Gasteiger partial charge in [0.05, 0.1) is 14.2 Å². The van der Waals surface area contributed by atoms with E-state index in [1.807, 2.05) is 30.3 Å². The average molecular weight is 274 g/mol. The van der Waals surface area contributed by atoms with E-state index in [2.05, 4.69) is 15.0 Å². The van der Waals surface area contributed by atoms with Crippen LogP contribution >= 0.6 is 0 Å². The highest BCUT2D eigenvalue weighted by Crippen LogP contribution is 2.16. The van der Waals surface area contributed by atoms with E-state index >= 15 is 0 Å². The van der Waals surface area contributed by atoms with E-state index < -0.39 is 0 Å². The van der Waals surface area contributed by atoms with E-state index in [0.717, 1.165) is 17.0 Å². The summed E-state index contributed by atoms with van der Waals surface area (Å²) in [6.45, 7) is 1.33. The molecule has 2 aromatic rings. The molecule has 5 heteroatoms. The first-order valence-electron chi connectivity index (χ1n) is 6.33. The van der Waals surface area contributed by atoms with E-state index in [1.165, 1.54) is 7.11 Å². The Labute approximate surface area is 117 Å². The molecule has 0 atom stereocenters. The number of carbonyl (C=O) groups excluding carboxylic acids is 1. The Balaban J connectivity index is 1.89. The maximum atomic E-state index is 11.3. The predicted molar refractivity (Wildman–Crippen MR) is 75.7 cm³/mol. The lowest BCUT2D eigenvalue weighted by atomic mass is 10.2. The fraction of sp³-hybridized carbons (Fsp3) is 0.267. The Morgan fingerprint density at radius 3 is 2.70 bits per heavy atom. The minimum Gasteiger partial charge on any atom is -0.496 e. The summed E-state index contributed by atoms with van der Waals surface area (Å²) >= 11 is 0. The predicted octanol–water partition coefficient (Wildman–Crippen LogP) is 2.10. The van der Waals surface area contributed by atoms with Crippen molar-refractivity contribution in [2.45, 2.75) is 13.1 Å². The van der Waals surface area contributed by atoms with Crippen molar-refractivity contribution in [3.63, 3.8) is 0 Å². The van der Waals surface area contributed by atoms with Gasteiger partial charge >= 0.3 is 5.97 Å². The Morgan fingerprint density at radius 2 is 1.95 bits per heavy atom. The summed E-state index contributed by atoms with van der Waals surface area (Å²) in [4.78, 5) is 14.3. The second kappa shape index (κ2) is 6.77. The van der Waals surface area contributed by atoms with Crippen LogP contribution in [0.5, 0.6) is 5.75 Å². The van der Waals surface area contributed by atoms with E-state index in [1.54, 1.807) is 13.2 Å². The van der Waals surface area contributed by atoms with Crippen molar-refractivity contribution >= 4 is 5.97 Å². The molecule has 0 saturated carbocycles. The standard InChI is InChI=1S/C15H18N2O3/c1-19-14-6-4-3-5-11(14)9-16-10-12-7-8-13(17-12)15(18)20-2/h3-8,16-17H,9-10H2,1-2H3. The van der Waals surface area contributed by atoms with Gasteiger partial charge in [-0.25, -0.2) is 4.79 Å². The Bertz CT molecular complexity index is 578. The summed E-state index contributed by atoms with van der Waals surface area (Å²) in [6.07, 6.45) is 0. The quantitative estimate of drug-likeness (QED) is 0.792. The molecule has 1 aromatic carbocycles. The Hall–Kier alpha value is -2.27. The zero-order valence-electron chi connectivity index (χ0n) is 11.6. The first-order valence-corrected chi connectivity index (χ1v) is 6.33. The number of methoxy groups -OCH3 is 2. The fourth-order valence-electron chi connectivity index (χ4n) is 1.95. The molecule has 0 aliphatic heterocycles. The van der Waals surface area contributed by atoms with Crippen LogP contribution in [-0.2, 0) is 17.8 Å². The second-order valence-corrected chi connectivity index (χ2v) is 4.30. The third-order valence-corrected chi connectivity index (χ3v) is 2.98. The number of hydrogen-bond donors (Lipinski definition) is 2. The summed E-state index contributed by atoms with van der Waals surface area (Å²) in [6, 6.07) is 11.4. The van der Waals surface area contributed by atoms with Crippen LogP contribution in [0, 0.1) is 0 Å². The maximum Gasteiger partial charge on any atom is 0.354 e. The van der Waals surface area contributed by atoms with Crippen LogP contribution in [-0.4, -0.2) is 25.2 Å². The third-order valence-electron chi connectivity index (χ3n) is 2.98. The van der Waals surface area contributed by atoms with Crippen molar-refractivity contribution in [1.82, 2.24) is 10.3 Å². The van der Waals surface area contributed by atoms with Crippen LogP contribution in [0.2, 0.25) is 0 Å². The lowest BCUT2D eigenvalue weighted by Gasteiger charge is -2.08. The van der Waals surface area contributed by atoms with Gasteiger partial charge in [0, 0.05) is 24.3 Å². The van der Waals surface area contributed by atoms with Gasteiger partial charge in [-0.1, -0.05) is 18.2 Å². The largest absolute Gasteiger partial charge is 0.496 e. The summed E-state index contributed by atoms with van der Waals surface area (Å²) in [7, 11) is 3.02.